The third-order valence-corrected chi connectivity index (χ3v) is 3.97. The van der Waals surface area contributed by atoms with Crippen molar-refractivity contribution in [1.29, 1.82) is 0 Å². The Morgan fingerprint density at radius 2 is 1.95 bits per heavy atom. The van der Waals surface area contributed by atoms with Gasteiger partial charge in [-0.1, -0.05) is 23.2 Å². The molecule has 0 saturated carbocycles. The normalized spacial score (nSPS) is 10.4. The van der Waals surface area contributed by atoms with Gasteiger partial charge in [-0.25, -0.2) is 4.98 Å². The fourth-order valence-corrected chi connectivity index (χ4v) is 1.97. The standard InChI is InChI=1S/C12H7BrCl2N2O3/c1-6-7(13)2-3-12(16-6)20-11-5-9(15)8(14)4-10(11)17(18)19/h2-5H,1H3. The maximum absolute atomic E-state index is 11.0. The van der Waals surface area contributed by atoms with Crippen LogP contribution in [0.15, 0.2) is 28.7 Å². The van der Waals surface area contributed by atoms with E-state index in [9.17, 15) is 10.1 Å². The fourth-order valence-electron chi connectivity index (χ4n) is 1.43. The van der Waals surface area contributed by atoms with E-state index in [4.69, 9.17) is 27.9 Å². The van der Waals surface area contributed by atoms with E-state index in [1.54, 1.807) is 19.1 Å². The molecule has 0 aliphatic heterocycles. The number of halogens is 3. The molecule has 8 heteroatoms. The summed E-state index contributed by atoms with van der Waals surface area (Å²) in [6.07, 6.45) is 0. The number of nitro benzene ring substituents is 1. The maximum atomic E-state index is 11.0. The van der Waals surface area contributed by atoms with Gasteiger partial charge in [0.25, 0.3) is 0 Å². The molecule has 5 nitrogen and oxygen atoms in total. The lowest BCUT2D eigenvalue weighted by Crippen LogP contribution is -1.96. The van der Waals surface area contributed by atoms with E-state index in [0.29, 0.717) is 5.69 Å². The molecule has 0 spiro atoms. The first-order chi connectivity index (χ1) is 9.38. The Morgan fingerprint density at radius 1 is 1.30 bits per heavy atom. The molecular formula is C12H7BrCl2N2O3. The number of rotatable bonds is 3. The van der Waals surface area contributed by atoms with Crippen LogP contribution < -0.4 is 4.74 Å². The van der Waals surface area contributed by atoms with Crippen LogP contribution in [0, 0.1) is 17.0 Å². The minimum absolute atomic E-state index is 0.0152. The van der Waals surface area contributed by atoms with Crippen LogP contribution in [0.1, 0.15) is 5.69 Å². The summed E-state index contributed by atoms with van der Waals surface area (Å²) < 4.78 is 6.24. The van der Waals surface area contributed by atoms with Gasteiger partial charge in [0.15, 0.2) is 0 Å². The summed E-state index contributed by atoms with van der Waals surface area (Å²) in [5, 5.41) is 11.2. The topological polar surface area (TPSA) is 65.3 Å². The second kappa shape index (κ2) is 5.95. The quantitative estimate of drug-likeness (QED) is 0.547. The molecule has 0 aliphatic rings. The number of nitro groups is 1. The average Bonchev–Trinajstić information content (AvgIpc) is 2.37. The van der Waals surface area contributed by atoms with Crippen molar-refractivity contribution in [3.63, 3.8) is 0 Å². The summed E-state index contributed by atoms with van der Waals surface area (Å²) >= 11 is 14.9. The van der Waals surface area contributed by atoms with Crippen LogP contribution >= 0.6 is 39.1 Å². The van der Waals surface area contributed by atoms with Crippen molar-refractivity contribution in [2.75, 3.05) is 0 Å². The Hall–Kier alpha value is -1.37. The highest BCUT2D eigenvalue weighted by atomic mass is 79.9. The average molecular weight is 378 g/mol. The molecule has 1 aromatic heterocycles. The molecule has 20 heavy (non-hydrogen) atoms. The van der Waals surface area contributed by atoms with Crippen LogP contribution in [0.25, 0.3) is 0 Å². The molecule has 1 aromatic carbocycles. The first-order valence-corrected chi connectivity index (χ1v) is 6.88. The van der Waals surface area contributed by atoms with E-state index in [1.165, 1.54) is 6.07 Å². The monoisotopic (exact) mass is 376 g/mol. The fraction of sp³-hybridized carbons (Fsp3) is 0.0833. The Kier molecular flexibility index (Phi) is 4.47. The number of hydrogen-bond donors (Lipinski definition) is 0. The molecule has 0 fully saturated rings. The summed E-state index contributed by atoms with van der Waals surface area (Å²) in [6, 6.07) is 5.76. The molecule has 0 radical (unpaired) electrons. The number of nitrogens with zero attached hydrogens (tertiary/aromatic N) is 2. The summed E-state index contributed by atoms with van der Waals surface area (Å²) in [5.41, 5.74) is 0.423. The predicted molar refractivity (Wildman–Crippen MR) is 79.9 cm³/mol. The lowest BCUT2D eigenvalue weighted by Gasteiger charge is -2.08. The number of ether oxygens (including phenoxy) is 1. The lowest BCUT2D eigenvalue weighted by molar-refractivity contribution is -0.385. The first kappa shape index (κ1) is 15.0. The third-order valence-electron chi connectivity index (χ3n) is 2.41. The van der Waals surface area contributed by atoms with E-state index < -0.39 is 4.92 Å². The number of pyridine rings is 1. The van der Waals surface area contributed by atoms with E-state index in [0.717, 1.165) is 10.5 Å². The molecule has 2 aromatic rings. The van der Waals surface area contributed by atoms with Gasteiger partial charge >= 0.3 is 5.69 Å². The van der Waals surface area contributed by atoms with Crippen molar-refractivity contribution in [3.05, 3.63) is 54.6 Å². The molecule has 0 N–H and O–H groups in total. The van der Waals surface area contributed by atoms with Gasteiger partial charge in [0.05, 0.1) is 20.7 Å². The predicted octanol–water partition coefficient (Wildman–Crippen LogP) is 5.16. The van der Waals surface area contributed by atoms with E-state index in [2.05, 4.69) is 20.9 Å². The molecule has 0 aliphatic carbocycles. The molecule has 0 saturated heterocycles. The van der Waals surface area contributed by atoms with E-state index in [1.807, 2.05) is 0 Å². The van der Waals surface area contributed by atoms with Crippen molar-refractivity contribution in [2.45, 2.75) is 6.92 Å². The third kappa shape index (κ3) is 3.20. The first-order valence-electron chi connectivity index (χ1n) is 5.33. The Balaban J connectivity index is 2.44. The zero-order chi connectivity index (χ0) is 14.9. The van der Waals surface area contributed by atoms with E-state index in [-0.39, 0.29) is 27.4 Å². The Morgan fingerprint density at radius 3 is 2.55 bits per heavy atom. The largest absolute Gasteiger partial charge is 0.432 e. The second-order valence-corrected chi connectivity index (χ2v) is 5.48. The molecule has 0 unspecified atom stereocenters. The number of aromatic nitrogens is 1. The van der Waals surface area contributed by atoms with Crippen molar-refractivity contribution >= 4 is 44.8 Å². The molecule has 104 valence electrons. The summed E-state index contributed by atoms with van der Waals surface area (Å²) in [7, 11) is 0. The summed E-state index contributed by atoms with van der Waals surface area (Å²) in [6.45, 7) is 1.78. The molecule has 0 bridgehead atoms. The SMILES string of the molecule is Cc1nc(Oc2cc(Cl)c(Cl)cc2[N+](=O)[O-])ccc1Br. The lowest BCUT2D eigenvalue weighted by atomic mass is 10.3. The van der Waals surface area contributed by atoms with Crippen LogP contribution in [-0.2, 0) is 0 Å². The Bertz CT molecular complexity index is 695. The zero-order valence-electron chi connectivity index (χ0n) is 10.1. The number of hydrogen-bond acceptors (Lipinski definition) is 4. The van der Waals surface area contributed by atoms with Gasteiger partial charge in [-0.05, 0) is 28.9 Å². The maximum Gasteiger partial charge on any atom is 0.313 e. The van der Waals surface area contributed by atoms with Gasteiger partial charge in [-0.3, -0.25) is 10.1 Å². The molecule has 2 rings (SSSR count). The minimum atomic E-state index is -0.594. The second-order valence-electron chi connectivity index (χ2n) is 3.81. The highest BCUT2D eigenvalue weighted by Crippen LogP contribution is 2.37. The summed E-state index contributed by atoms with van der Waals surface area (Å²) in [4.78, 5) is 14.6. The van der Waals surface area contributed by atoms with Crippen molar-refractivity contribution in [2.24, 2.45) is 0 Å². The van der Waals surface area contributed by atoms with Crippen LogP contribution in [0.5, 0.6) is 11.6 Å². The van der Waals surface area contributed by atoms with Crippen molar-refractivity contribution in [3.8, 4) is 11.6 Å². The van der Waals surface area contributed by atoms with Crippen molar-refractivity contribution < 1.29 is 9.66 Å². The van der Waals surface area contributed by atoms with E-state index >= 15 is 0 Å². The van der Waals surface area contributed by atoms with Crippen LogP contribution in [0.4, 0.5) is 5.69 Å². The minimum Gasteiger partial charge on any atom is -0.432 e. The Labute approximate surface area is 132 Å². The van der Waals surface area contributed by atoms with Crippen LogP contribution in [-0.4, -0.2) is 9.91 Å². The number of benzene rings is 1. The highest BCUT2D eigenvalue weighted by Gasteiger charge is 2.19. The number of aryl methyl sites for hydroxylation is 1. The van der Waals surface area contributed by atoms with Gasteiger partial charge in [0.1, 0.15) is 0 Å². The van der Waals surface area contributed by atoms with Gasteiger partial charge in [0, 0.05) is 22.7 Å². The molecule has 0 atom stereocenters. The van der Waals surface area contributed by atoms with Crippen LogP contribution in [0.3, 0.4) is 0 Å². The van der Waals surface area contributed by atoms with Gasteiger partial charge in [-0.2, -0.15) is 0 Å². The van der Waals surface area contributed by atoms with Gasteiger partial charge < -0.3 is 4.74 Å². The highest BCUT2D eigenvalue weighted by molar-refractivity contribution is 9.10. The smallest absolute Gasteiger partial charge is 0.313 e. The molecular weight excluding hydrogens is 371 g/mol. The van der Waals surface area contributed by atoms with Crippen LogP contribution in [0.2, 0.25) is 10.0 Å². The van der Waals surface area contributed by atoms with Crippen molar-refractivity contribution in [1.82, 2.24) is 4.98 Å². The zero-order valence-corrected chi connectivity index (χ0v) is 13.2. The van der Waals surface area contributed by atoms with Gasteiger partial charge in [-0.15, -0.1) is 0 Å². The molecule has 1 heterocycles. The molecule has 0 amide bonds. The van der Waals surface area contributed by atoms with Gasteiger partial charge in [0.2, 0.25) is 11.6 Å². The summed E-state index contributed by atoms with van der Waals surface area (Å²) in [5.74, 6) is 0.214.